The van der Waals surface area contributed by atoms with E-state index in [1.165, 1.54) is 0 Å². The van der Waals surface area contributed by atoms with Crippen molar-refractivity contribution in [1.29, 1.82) is 0 Å². The molecule has 1 saturated heterocycles. The van der Waals surface area contributed by atoms with Crippen molar-refractivity contribution in [3.8, 4) is 0 Å². The van der Waals surface area contributed by atoms with Gasteiger partial charge in [0.25, 0.3) is 0 Å². The Morgan fingerprint density at radius 2 is 2.10 bits per heavy atom. The van der Waals surface area contributed by atoms with Gasteiger partial charge in [0.05, 0.1) is 16.1 Å². The first-order valence-electron chi connectivity index (χ1n) is 6.43. The van der Waals surface area contributed by atoms with E-state index in [1.54, 1.807) is 0 Å². The fourth-order valence-corrected chi connectivity index (χ4v) is 2.54. The third-order valence-electron chi connectivity index (χ3n) is 3.70. The van der Waals surface area contributed by atoms with Crippen molar-refractivity contribution in [2.24, 2.45) is 11.1 Å². The average Bonchev–Trinajstić information content (AvgIpc) is 2.42. The molecular weight excluding hydrogens is 299 g/mol. The summed E-state index contributed by atoms with van der Waals surface area (Å²) in [5.41, 5.74) is 6.96. The number of carbonyl (C=O) groups excluding carboxylic acids is 1. The van der Waals surface area contributed by atoms with Gasteiger partial charge in [0, 0.05) is 19.8 Å². The lowest BCUT2D eigenvalue weighted by molar-refractivity contribution is -0.130. The van der Waals surface area contributed by atoms with Crippen LogP contribution in [0.1, 0.15) is 18.4 Å². The summed E-state index contributed by atoms with van der Waals surface area (Å²) in [6.07, 6.45) is 1.30. The summed E-state index contributed by atoms with van der Waals surface area (Å²) >= 11 is 6.13. The highest BCUT2D eigenvalue weighted by atomic mass is 35.5. The second-order valence-electron chi connectivity index (χ2n) is 5.03. The number of nitrogens with two attached hydrogens (primary N) is 1. The van der Waals surface area contributed by atoms with Crippen molar-refractivity contribution in [3.05, 3.63) is 28.8 Å². The van der Waals surface area contributed by atoms with Crippen LogP contribution in [-0.4, -0.2) is 25.7 Å². The van der Waals surface area contributed by atoms with Gasteiger partial charge in [-0.2, -0.15) is 0 Å². The molecule has 0 saturated carbocycles. The Balaban J connectivity index is 0.00000200. The summed E-state index contributed by atoms with van der Waals surface area (Å²) in [4.78, 5) is 12.5. The molecule has 1 aromatic carbocycles. The second-order valence-corrected chi connectivity index (χ2v) is 5.44. The number of carbonyl (C=O) groups is 1. The molecule has 0 spiro atoms. The number of ether oxygens (including phenoxy) is 1. The molecule has 1 amide bonds. The standard InChI is InChI=1S/C14H19ClN2O2.ClH/c1-10-2-3-12(11(15)8-10)17-13(18)14(9-16)4-6-19-7-5-14;/h2-3,8H,4-7,9,16H2,1H3,(H,17,18);1H. The van der Waals surface area contributed by atoms with Crippen LogP contribution in [0.3, 0.4) is 0 Å². The maximum Gasteiger partial charge on any atom is 0.232 e. The first kappa shape index (κ1) is 17.2. The number of hydrogen-bond acceptors (Lipinski definition) is 3. The second kappa shape index (κ2) is 7.27. The predicted octanol–water partition coefficient (Wildman–Crippen LogP) is 2.76. The van der Waals surface area contributed by atoms with Gasteiger partial charge >= 0.3 is 0 Å². The molecule has 1 aromatic rings. The Kier molecular flexibility index (Phi) is 6.27. The zero-order valence-electron chi connectivity index (χ0n) is 11.4. The molecule has 0 atom stereocenters. The van der Waals surface area contributed by atoms with Crippen molar-refractivity contribution in [2.75, 3.05) is 25.1 Å². The first-order chi connectivity index (χ1) is 9.07. The number of anilines is 1. The van der Waals surface area contributed by atoms with Crippen molar-refractivity contribution in [1.82, 2.24) is 0 Å². The fourth-order valence-electron chi connectivity index (χ4n) is 2.26. The highest BCUT2D eigenvalue weighted by molar-refractivity contribution is 6.33. The summed E-state index contributed by atoms with van der Waals surface area (Å²) in [6.45, 7) is 3.43. The number of aryl methyl sites for hydroxylation is 1. The molecule has 0 aliphatic carbocycles. The van der Waals surface area contributed by atoms with Crippen molar-refractivity contribution < 1.29 is 9.53 Å². The number of rotatable bonds is 3. The lowest BCUT2D eigenvalue weighted by atomic mass is 9.79. The van der Waals surface area contributed by atoms with Crippen molar-refractivity contribution in [2.45, 2.75) is 19.8 Å². The lowest BCUT2D eigenvalue weighted by Gasteiger charge is -2.34. The molecule has 1 heterocycles. The van der Waals surface area contributed by atoms with Gasteiger partial charge in [-0.25, -0.2) is 0 Å². The van der Waals surface area contributed by atoms with Gasteiger partial charge in [-0.3, -0.25) is 4.79 Å². The monoisotopic (exact) mass is 318 g/mol. The highest BCUT2D eigenvalue weighted by Crippen LogP contribution is 2.32. The number of amides is 1. The van der Waals surface area contributed by atoms with Gasteiger partial charge in [-0.1, -0.05) is 17.7 Å². The van der Waals surface area contributed by atoms with E-state index in [1.807, 2.05) is 25.1 Å². The quantitative estimate of drug-likeness (QED) is 0.900. The Labute approximate surface area is 130 Å². The van der Waals surface area contributed by atoms with Gasteiger partial charge in [-0.15, -0.1) is 12.4 Å². The van der Waals surface area contributed by atoms with E-state index in [2.05, 4.69) is 5.32 Å². The highest BCUT2D eigenvalue weighted by Gasteiger charge is 2.38. The van der Waals surface area contributed by atoms with Crippen LogP contribution >= 0.6 is 24.0 Å². The van der Waals surface area contributed by atoms with Crippen LogP contribution in [0.2, 0.25) is 5.02 Å². The maximum absolute atomic E-state index is 12.5. The fraction of sp³-hybridized carbons (Fsp3) is 0.500. The first-order valence-corrected chi connectivity index (χ1v) is 6.81. The van der Waals surface area contributed by atoms with E-state index in [0.717, 1.165) is 5.56 Å². The molecule has 112 valence electrons. The van der Waals surface area contributed by atoms with Gasteiger partial charge in [0.15, 0.2) is 0 Å². The van der Waals surface area contributed by atoms with Gasteiger partial charge in [0.2, 0.25) is 5.91 Å². The Morgan fingerprint density at radius 1 is 1.45 bits per heavy atom. The Hall–Kier alpha value is -0.810. The normalized spacial score (nSPS) is 17.1. The third kappa shape index (κ3) is 3.64. The van der Waals surface area contributed by atoms with Crippen LogP contribution in [-0.2, 0) is 9.53 Å². The van der Waals surface area contributed by atoms with Crippen LogP contribution in [0.5, 0.6) is 0 Å². The Morgan fingerprint density at radius 3 is 2.65 bits per heavy atom. The van der Waals surface area contributed by atoms with Crippen LogP contribution < -0.4 is 11.1 Å². The molecule has 4 nitrogen and oxygen atoms in total. The summed E-state index contributed by atoms with van der Waals surface area (Å²) in [6, 6.07) is 5.57. The summed E-state index contributed by atoms with van der Waals surface area (Å²) in [7, 11) is 0. The molecule has 20 heavy (non-hydrogen) atoms. The minimum absolute atomic E-state index is 0. The van der Waals surface area contributed by atoms with E-state index in [-0.39, 0.29) is 18.3 Å². The van der Waals surface area contributed by atoms with Gasteiger partial charge in [-0.05, 0) is 37.5 Å². The minimum Gasteiger partial charge on any atom is -0.381 e. The smallest absolute Gasteiger partial charge is 0.232 e. The summed E-state index contributed by atoms with van der Waals surface area (Å²) in [5.74, 6) is -0.0657. The SMILES string of the molecule is Cc1ccc(NC(=O)C2(CN)CCOCC2)c(Cl)c1.Cl. The average molecular weight is 319 g/mol. The largest absolute Gasteiger partial charge is 0.381 e. The molecule has 3 N–H and O–H groups in total. The maximum atomic E-state index is 12.5. The van der Waals surface area contributed by atoms with E-state index < -0.39 is 5.41 Å². The molecule has 1 fully saturated rings. The zero-order valence-corrected chi connectivity index (χ0v) is 13.0. The lowest BCUT2D eigenvalue weighted by Crippen LogP contribution is -2.46. The van der Waals surface area contributed by atoms with Crippen LogP contribution in [0.25, 0.3) is 0 Å². The summed E-state index contributed by atoms with van der Waals surface area (Å²) < 4.78 is 5.30. The molecule has 1 aliphatic heterocycles. The predicted molar refractivity (Wildman–Crippen MR) is 83.6 cm³/mol. The van der Waals surface area contributed by atoms with E-state index >= 15 is 0 Å². The molecule has 0 unspecified atom stereocenters. The summed E-state index contributed by atoms with van der Waals surface area (Å²) in [5, 5.41) is 3.44. The topological polar surface area (TPSA) is 64.4 Å². The minimum atomic E-state index is -0.535. The molecule has 0 bridgehead atoms. The number of benzene rings is 1. The molecule has 0 aromatic heterocycles. The molecule has 0 radical (unpaired) electrons. The van der Waals surface area contributed by atoms with Crippen molar-refractivity contribution in [3.63, 3.8) is 0 Å². The molecule has 2 rings (SSSR count). The zero-order chi connectivity index (χ0) is 13.9. The number of hydrogen-bond donors (Lipinski definition) is 2. The third-order valence-corrected chi connectivity index (χ3v) is 4.01. The number of halogens is 2. The van der Waals surface area contributed by atoms with E-state index in [0.29, 0.717) is 43.3 Å². The van der Waals surface area contributed by atoms with E-state index in [9.17, 15) is 4.79 Å². The van der Waals surface area contributed by atoms with Gasteiger partial charge < -0.3 is 15.8 Å². The Bertz CT molecular complexity index is 474. The molecular formula is C14H20Cl2N2O2. The molecule has 1 aliphatic rings. The van der Waals surface area contributed by atoms with Crippen molar-refractivity contribution >= 4 is 35.6 Å². The van der Waals surface area contributed by atoms with E-state index in [4.69, 9.17) is 22.1 Å². The van der Waals surface area contributed by atoms with Crippen LogP contribution in [0, 0.1) is 12.3 Å². The molecule has 6 heteroatoms. The van der Waals surface area contributed by atoms with Crippen LogP contribution in [0.4, 0.5) is 5.69 Å². The van der Waals surface area contributed by atoms with Gasteiger partial charge in [0.1, 0.15) is 0 Å². The van der Waals surface area contributed by atoms with Crippen LogP contribution in [0.15, 0.2) is 18.2 Å². The number of nitrogens with one attached hydrogen (secondary N) is 1.